The van der Waals surface area contributed by atoms with Crippen LogP contribution in [0.15, 0.2) is 48.5 Å². The highest BCUT2D eigenvalue weighted by molar-refractivity contribution is 5.96. The summed E-state index contributed by atoms with van der Waals surface area (Å²) >= 11 is 0. The highest BCUT2D eigenvalue weighted by atomic mass is 19.4. The number of rotatable bonds is 13. The van der Waals surface area contributed by atoms with Crippen LogP contribution in [0.4, 0.5) is 13.2 Å². The van der Waals surface area contributed by atoms with E-state index in [1.54, 1.807) is 31.4 Å². The Kier molecular flexibility index (Phi) is 10.5. The second-order valence-corrected chi connectivity index (χ2v) is 9.46. The molecule has 2 aromatic rings. The van der Waals surface area contributed by atoms with Crippen LogP contribution in [0.2, 0.25) is 0 Å². The number of ether oxygens (including phenoxy) is 1. The molecule has 1 saturated heterocycles. The summed E-state index contributed by atoms with van der Waals surface area (Å²) in [6.45, 7) is 2.13. The average Bonchev–Trinajstić information content (AvgIpc) is 3.40. The zero-order valence-corrected chi connectivity index (χ0v) is 21.1. The minimum Gasteiger partial charge on any atom is -0.497 e. The molecule has 0 aliphatic carbocycles. The molecule has 2 N–H and O–H groups in total. The van der Waals surface area contributed by atoms with Crippen LogP contribution >= 0.6 is 0 Å². The lowest BCUT2D eigenvalue weighted by Gasteiger charge is -2.29. The summed E-state index contributed by atoms with van der Waals surface area (Å²) in [6, 6.07) is 10.7. The zero-order chi connectivity index (χ0) is 26.8. The summed E-state index contributed by atoms with van der Waals surface area (Å²) < 4.78 is 43.8. The second-order valence-electron chi connectivity index (χ2n) is 9.46. The van der Waals surface area contributed by atoms with Crippen molar-refractivity contribution >= 4 is 11.7 Å². The predicted molar refractivity (Wildman–Crippen MR) is 134 cm³/mol. The van der Waals surface area contributed by atoms with Crippen LogP contribution in [0.5, 0.6) is 5.75 Å². The van der Waals surface area contributed by atoms with E-state index < -0.39 is 23.9 Å². The number of nitrogens with one attached hydrogen (secondary N) is 1. The highest BCUT2D eigenvalue weighted by Gasteiger charge is 2.31. The minimum atomic E-state index is -4.45. The van der Waals surface area contributed by atoms with Gasteiger partial charge < -0.3 is 20.1 Å². The molecule has 9 heteroatoms. The maximum atomic E-state index is 12.9. The first kappa shape index (κ1) is 28.7. The van der Waals surface area contributed by atoms with Gasteiger partial charge >= 0.3 is 6.18 Å². The molecule has 1 amide bonds. The fourth-order valence-electron chi connectivity index (χ4n) is 4.52. The summed E-state index contributed by atoms with van der Waals surface area (Å²) in [7, 11) is 1.57. The number of Topliss-reactive ketones (excluding diaryl/α,β-unsaturated/α-hetero) is 1. The molecular formula is C28H35F3N2O4. The summed E-state index contributed by atoms with van der Waals surface area (Å²) in [4.78, 5) is 27.1. The van der Waals surface area contributed by atoms with Crippen LogP contribution in [0.1, 0.15) is 72.5 Å². The summed E-state index contributed by atoms with van der Waals surface area (Å²) in [6.07, 6.45) is -0.935. The third-order valence-electron chi connectivity index (χ3n) is 6.68. The number of ketones is 1. The van der Waals surface area contributed by atoms with Crippen molar-refractivity contribution in [3.05, 3.63) is 65.2 Å². The number of carbonyl (C=O) groups excluding carboxylic acids is 2. The van der Waals surface area contributed by atoms with Gasteiger partial charge in [0.1, 0.15) is 11.9 Å². The van der Waals surface area contributed by atoms with E-state index in [2.05, 4.69) is 10.2 Å². The van der Waals surface area contributed by atoms with Gasteiger partial charge in [-0.1, -0.05) is 18.6 Å². The van der Waals surface area contributed by atoms with Crippen LogP contribution in [0, 0.1) is 0 Å². The standard InChI is InChI=1S/C28H35F3N2O4/c1-37-23-15-11-20(12-16-23)25(34)7-3-2-4-8-26(35)32-24(19-33-17-5-6-18-33)27(36)21-9-13-22(14-10-21)28(29,30)31/h9-16,24,27,36H,2-8,17-19H2,1H3,(H,32,35)/t24-,27-/m1/s1. The van der Waals surface area contributed by atoms with Crippen molar-refractivity contribution in [1.82, 2.24) is 10.2 Å². The minimum absolute atomic E-state index is 0.0393. The van der Waals surface area contributed by atoms with Crippen LogP contribution < -0.4 is 10.1 Å². The van der Waals surface area contributed by atoms with Crippen molar-refractivity contribution in [3.8, 4) is 5.75 Å². The number of hydrogen-bond donors (Lipinski definition) is 2. The molecule has 1 fully saturated rings. The van der Waals surface area contributed by atoms with E-state index in [4.69, 9.17) is 4.74 Å². The van der Waals surface area contributed by atoms with Gasteiger partial charge in [-0.15, -0.1) is 0 Å². The molecule has 1 aliphatic rings. The molecule has 1 aliphatic heterocycles. The van der Waals surface area contributed by atoms with E-state index in [9.17, 15) is 27.9 Å². The fraction of sp³-hybridized carbons (Fsp3) is 0.500. The third kappa shape index (κ3) is 8.86. The summed E-state index contributed by atoms with van der Waals surface area (Å²) in [5, 5.41) is 13.8. The number of halogens is 3. The Bertz CT molecular complexity index is 1000. The Labute approximate surface area is 215 Å². The van der Waals surface area contributed by atoms with Gasteiger partial charge in [-0.05, 0) is 80.7 Å². The molecule has 1 heterocycles. The van der Waals surface area contributed by atoms with Crippen molar-refractivity contribution in [2.45, 2.75) is 63.3 Å². The third-order valence-corrected chi connectivity index (χ3v) is 6.68. The van der Waals surface area contributed by atoms with Crippen molar-refractivity contribution in [1.29, 1.82) is 0 Å². The second kappa shape index (κ2) is 13.6. The first-order valence-corrected chi connectivity index (χ1v) is 12.7. The first-order chi connectivity index (χ1) is 17.7. The largest absolute Gasteiger partial charge is 0.497 e. The lowest BCUT2D eigenvalue weighted by atomic mass is 9.99. The number of methoxy groups -OCH3 is 1. The number of carbonyl (C=O) groups is 2. The van der Waals surface area contributed by atoms with E-state index in [1.807, 2.05) is 0 Å². The molecule has 6 nitrogen and oxygen atoms in total. The Balaban J connectivity index is 1.48. The number of unbranched alkanes of at least 4 members (excludes halogenated alkanes) is 2. The zero-order valence-electron chi connectivity index (χ0n) is 21.1. The quantitative estimate of drug-likeness (QED) is 0.282. The molecule has 0 saturated carbocycles. The number of likely N-dealkylation sites (tertiary alicyclic amines) is 1. The Morgan fingerprint density at radius 2 is 1.59 bits per heavy atom. The lowest BCUT2D eigenvalue weighted by Crippen LogP contribution is -2.46. The molecule has 0 spiro atoms. The molecule has 202 valence electrons. The molecule has 0 radical (unpaired) electrons. The molecule has 0 bridgehead atoms. The van der Waals surface area contributed by atoms with Gasteiger partial charge in [0.05, 0.1) is 18.7 Å². The van der Waals surface area contributed by atoms with Crippen molar-refractivity contribution in [2.24, 2.45) is 0 Å². The molecule has 0 unspecified atom stereocenters. The lowest BCUT2D eigenvalue weighted by molar-refractivity contribution is -0.137. The number of amides is 1. The van der Waals surface area contributed by atoms with Gasteiger partial charge in [-0.2, -0.15) is 13.2 Å². The van der Waals surface area contributed by atoms with Crippen molar-refractivity contribution < 1.29 is 32.6 Å². The van der Waals surface area contributed by atoms with Crippen molar-refractivity contribution in [2.75, 3.05) is 26.7 Å². The Morgan fingerprint density at radius 1 is 0.973 bits per heavy atom. The van der Waals surface area contributed by atoms with Crippen LogP contribution in [-0.2, 0) is 11.0 Å². The Morgan fingerprint density at radius 3 is 2.19 bits per heavy atom. The molecular weight excluding hydrogens is 485 g/mol. The van der Waals surface area contributed by atoms with E-state index >= 15 is 0 Å². The molecule has 2 aromatic carbocycles. The Hall–Kier alpha value is -2.91. The van der Waals surface area contributed by atoms with Gasteiger partial charge in [0, 0.05) is 24.9 Å². The van der Waals surface area contributed by atoms with Gasteiger partial charge in [0.2, 0.25) is 5.91 Å². The topological polar surface area (TPSA) is 78.9 Å². The van der Waals surface area contributed by atoms with Gasteiger partial charge in [-0.25, -0.2) is 0 Å². The predicted octanol–water partition coefficient (Wildman–Crippen LogP) is 5.16. The molecule has 3 rings (SSSR count). The number of nitrogens with zero attached hydrogens (tertiary/aromatic N) is 1. The van der Waals surface area contributed by atoms with E-state index in [1.165, 1.54) is 12.1 Å². The highest BCUT2D eigenvalue weighted by Crippen LogP contribution is 2.30. The van der Waals surface area contributed by atoms with Gasteiger partial charge in [-0.3, -0.25) is 9.59 Å². The smallest absolute Gasteiger partial charge is 0.416 e. The van der Waals surface area contributed by atoms with E-state index in [0.29, 0.717) is 49.1 Å². The maximum absolute atomic E-state index is 12.9. The van der Waals surface area contributed by atoms with Gasteiger partial charge in [0.25, 0.3) is 0 Å². The van der Waals surface area contributed by atoms with Crippen molar-refractivity contribution in [3.63, 3.8) is 0 Å². The number of aliphatic hydroxyl groups is 1. The van der Waals surface area contributed by atoms with Gasteiger partial charge in [0.15, 0.2) is 5.78 Å². The van der Waals surface area contributed by atoms with Crippen LogP contribution in [0.25, 0.3) is 0 Å². The van der Waals surface area contributed by atoms with Crippen LogP contribution in [-0.4, -0.2) is 54.5 Å². The van der Waals surface area contributed by atoms with E-state index in [-0.39, 0.29) is 18.1 Å². The van der Waals surface area contributed by atoms with E-state index in [0.717, 1.165) is 38.1 Å². The number of alkyl halides is 3. The normalized spacial score (nSPS) is 15.8. The average molecular weight is 521 g/mol. The molecule has 37 heavy (non-hydrogen) atoms. The number of aliphatic hydroxyl groups excluding tert-OH is 1. The molecule has 0 aromatic heterocycles. The summed E-state index contributed by atoms with van der Waals surface area (Å²) in [5.74, 6) is 0.503. The SMILES string of the molecule is COc1ccc(C(=O)CCCCCC(=O)N[C@H](CN2CCCC2)[C@H](O)c2ccc(C(F)(F)F)cc2)cc1. The number of hydrogen-bond acceptors (Lipinski definition) is 5. The molecule has 2 atom stereocenters. The number of benzene rings is 2. The van der Waals surface area contributed by atoms with Crippen LogP contribution in [0.3, 0.4) is 0 Å². The fourth-order valence-corrected chi connectivity index (χ4v) is 4.52. The first-order valence-electron chi connectivity index (χ1n) is 12.7. The monoisotopic (exact) mass is 520 g/mol. The maximum Gasteiger partial charge on any atom is 0.416 e. The summed E-state index contributed by atoms with van der Waals surface area (Å²) in [5.41, 5.74) is 0.171.